The number of aldehydes is 1. The van der Waals surface area contributed by atoms with Gasteiger partial charge >= 0.3 is 0 Å². The fourth-order valence-corrected chi connectivity index (χ4v) is 7.97. The summed E-state index contributed by atoms with van der Waals surface area (Å²) in [6.45, 7) is 9.74. The number of methoxy groups -OCH3 is 1. The van der Waals surface area contributed by atoms with Crippen LogP contribution >= 0.6 is 0 Å². The zero-order valence-electron chi connectivity index (χ0n) is 30.6. The molecule has 7 heteroatoms. The van der Waals surface area contributed by atoms with Crippen LogP contribution in [0.4, 0.5) is 0 Å². The highest BCUT2D eigenvalue weighted by Crippen LogP contribution is 2.59. The van der Waals surface area contributed by atoms with Gasteiger partial charge in [0, 0.05) is 25.2 Å². The van der Waals surface area contributed by atoms with Gasteiger partial charge in [-0.25, -0.2) is 0 Å². The van der Waals surface area contributed by atoms with Gasteiger partial charge in [0.2, 0.25) is 5.79 Å². The Morgan fingerprint density at radius 1 is 0.865 bits per heavy atom. The highest BCUT2D eigenvalue weighted by atomic mass is 16.7. The molecule has 4 aromatic carbocycles. The summed E-state index contributed by atoms with van der Waals surface area (Å²) in [6, 6.07) is 34.9. The summed E-state index contributed by atoms with van der Waals surface area (Å²) in [5.41, 5.74) is 6.41. The average molecular weight is 705 g/mol. The first-order chi connectivity index (χ1) is 25.4. The summed E-state index contributed by atoms with van der Waals surface area (Å²) in [6.07, 6.45) is 3.82. The van der Waals surface area contributed by atoms with Gasteiger partial charge in [0.25, 0.3) is 0 Å². The van der Waals surface area contributed by atoms with Crippen molar-refractivity contribution in [3.05, 3.63) is 155 Å². The molecule has 1 aliphatic carbocycles. The molecule has 0 aromatic heterocycles. The van der Waals surface area contributed by atoms with Crippen LogP contribution in [0.1, 0.15) is 58.7 Å². The molecule has 1 N–H and O–H groups in total. The van der Waals surface area contributed by atoms with Crippen molar-refractivity contribution < 1.29 is 33.6 Å². The minimum Gasteiger partial charge on any atom is -0.389 e. The molecule has 1 heterocycles. The van der Waals surface area contributed by atoms with Crippen LogP contribution in [-0.4, -0.2) is 55.6 Å². The molecule has 2 fully saturated rings. The lowest BCUT2D eigenvalue weighted by molar-refractivity contribution is -0.440. The summed E-state index contributed by atoms with van der Waals surface area (Å²) in [5, 5.41) is 11.4. The number of aryl methyl sites for hydroxylation is 2. The van der Waals surface area contributed by atoms with E-state index >= 15 is 0 Å². The van der Waals surface area contributed by atoms with Crippen molar-refractivity contribution in [2.75, 3.05) is 20.3 Å². The maximum atomic E-state index is 12.6. The van der Waals surface area contributed by atoms with Gasteiger partial charge in [-0.15, -0.1) is 6.58 Å². The van der Waals surface area contributed by atoms with Gasteiger partial charge in [-0.2, -0.15) is 0 Å². The quantitative estimate of drug-likeness (QED) is 0.0647. The number of carbonyl (C=O) groups excluding carboxylic acids is 1. The Kier molecular flexibility index (Phi) is 12.5. The molecule has 4 aromatic rings. The molecule has 6 rings (SSSR count). The van der Waals surface area contributed by atoms with Crippen LogP contribution < -0.4 is 0 Å². The maximum Gasteiger partial charge on any atom is 0.222 e. The SMILES string of the molecule is C=CCOCCCCc1ccc(Cc2cc([C@]3(OC)O[C@@H]4C(O)C(C=O)[C@]4(OCc4ccccc4)[C@H](C)[C@H]3OCc3ccccc3)ccc2C)cc1. The van der Waals surface area contributed by atoms with Gasteiger partial charge in [-0.1, -0.05) is 110 Å². The Labute approximate surface area is 308 Å². The van der Waals surface area contributed by atoms with E-state index < -0.39 is 41.5 Å². The van der Waals surface area contributed by atoms with Crippen LogP contribution in [-0.2, 0) is 60.3 Å². The van der Waals surface area contributed by atoms with E-state index in [1.807, 2.05) is 73.7 Å². The zero-order valence-corrected chi connectivity index (χ0v) is 30.6. The Hall–Kier alpha value is -3.95. The van der Waals surface area contributed by atoms with E-state index in [9.17, 15) is 9.90 Å². The van der Waals surface area contributed by atoms with E-state index in [4.69, 9.17) is 23.7 Å². The number of ether oxygens (including phenoxy) is 5. The first kappa shape index (κ1) is 37.8. The van der Waals surface area contributed by atoms with E-state index in [1.54, 1.807) is 13.2 Å². The molecule has 0 radical (unpaired) electrons. The van der Waals surface area contributed by atoms with E-state index in [-0.39, 0.29) is 6.61 Å². The van der Waals surface area contributed by atoms with Gasteiger partial charge < -0.3 is 33.6 Å². The topological polar surface area (TPSA) is 83.5 Å². The van der Waals surface area contributed by atoms with Crippen molar-refractivity contribution in [1.29, 1.82) is 0 Å². The molecule has 0 spiro atoms. The van der Waals surface area contributed by atoms with Crippen LogP contribution in [0.3, 0.4) is 0 Å². The molecule has 0 bridgehead atoms. The summed E-state index contributed by atoms with van der Waals surface area (Å²) >= 11 is 0. The zero-order chi connectivity index (χ0) is 36.6. The molecule has 7 nitrogen and oxygen atoms in total. The standard InChI is InChI=1S/C45H52O7/c1-5-25-49-26-13-12-14-34-20-22-35(23-21-34)27-38-28-39(24-19-32(38)2)45(48-4)42(50-30-36-15-8-6-9-16-36)33(3)44(40(29-46)41(47)43(44)52-45)51-31-37-17-10-7-11-18-37/h5-11,15-24,28-29,33,40-43,47H,1,12-14,25-27,30-31H2,2-4H3/t33-,40?,41?,42-,43-,44-,45+/m1/s1. The molecule has 274 valence electrons. The minimum absolute atomic E-state index is 0.255. The van der Waals surface area contributed by atoms with Crippen molar-refractivity contribution in [1.82, 2.24) is 0 Å². The van der Waals surface area contributed by atoms with E-state index in [1.165, 1.54) is 11.1 Å². The van der Waals surface area contributed by atoms with Crippen molar-refractivity contribution >= 4 is 6.29 Å². The third-order valence-corrected chi connectivity index (χ3v) is 10.9. The predicted molar refractivity (Wildman–Crippen MR) is 202 cm³/mol. The fourth-order valence-electron chi connectivity index (χ4n) is 7.97. The van der Waals surface area contributed by atoms with Crippen LogP contribution in [0.5, 0.6) is 0 Å². The minimum atomic E-state index is -1.39. The van der Waals surface area contributed by atoms with Gasteiger partial charge in [0.05, 0.1) is 31.8 Å². The maximum absolute atomic E-state index is 12.6. The molecular formula is C45H52O7. The molecule has 1 saturated heterocycles. The third kappa shape index (κ3) is 7.72. The number of hydrogen-bond acceptors (Lipinski definition) is 7. The molecule has 52 heavy (non-hydrogen) atoms. The number of benzene rings is 4. The van der Waals surface area contributed by atoms with Crippen LogP contribution in [0.15, 0.2) is 116 Å². The highest BCUT2D eigenvalue weighted by molar-refractivity contribution is 5.61. The Balaban J connectivity index is 1.29. The highest BCUT2D eigenvalue weighted by Gasteiger charge is 2.74. The van der Waals surface area contributed by atoms with E-state index in [0.29, 0.717) is 13.2 Å². The molecule has 2 unspecified atom stereocenters. The fraction of sp³-hybridized carbons (Fsp3) is 0.400. The summed E-state index contributed by atoms with van der Waals surface area (Å²) in [5.74, 6) is -2.60. The lowest BCUT2D eigenvalue weighted by atomic mass is 9.55. The van der Waals surface area contributed by atoms with Gasteiger partial charge in [-0.3, -0.25) is 0 Å². The molecule has 0 amide bonds. The lowest BCUT2D eigenvalue weighted by Crippen LogP contribution is -2.82. The number of aliphatic hydroxyl groups is 1. The molecule has 7 atom stereocenters. The number of rotatable bonds is 18. The molecule has 2 aliphatic rings. The Morgan fingerprint density at radius 2 is 1.54 bits per heavy atom. The van der Waals surface area contributed by atoms with Gasteiger partial charge in [0.15, 0.2) is 0 Å². The predicted octanol–water partition coefficient (Wildman–Crippen LogP) is 7.68. The third-order valence-electron chi connectivity index (χ3n) is 10.9. The summed E-state index contributed by atoms with van der Waals surface area (Å²) < 4.78 is 32.4. The largest absolute Gasteiger partial charge is 0.389 e. The number of carbonyl (C=O) groups is 1. The molecule has 1 aliphatic heterocycles. The van der Waals surface area contributed by atoms with E-state index in [2.05, 4.69) is 49.9 Å². The summed E-state index contributed by atoms with van der Waals surface area (Å²) in [7, 11) is 1.62. The van der Waals surface area contributed by atoms with Gasteiger partial charge in [-0.05, 0) is 72.1 Å². The first-order valence-corrected chi connectivity index (χ1v) is 18.4. The normalized spacial score (nSPS) is 26.7. The average Bonchev–Trinajstić information content (AvgIpc) is 3.18. The first-order valence-electron chi connectivity index (χ1n) is 18.4. The van der Waals surface area contributed by atoms with Gasteiger partial charge in [0.1, 0.15) is 24.1 Å². The Bertz CT molecular complexity index is 1740. The van der Waals surface area contributed by atoms with Crippen molar-refractivity contribution in [3.63, 3.8) is 0 Å². The monoisotopic (exact) mass is 704 g/mol. The van der Waals surface area contributed by atoms with E-state index in [0.717, 1.165) is 66.4 Å². The van der Waals surface area contributed by atoms with Crippen molar-refractivity contribution in [2.24, 2.45) is 11.8 Å². The van der Waals surface area contributed by atoms with Crippen molar-refractivity contribution in [2.45, 2.75) is 82.4 Å². The number of aliphatic hydroxyl groups excluding tert-OH is 1. The second-order valence-corrected chi connectivity index (χ2v) is 14.2. The lowest BCUT2D eigenvalue weighted by Gasteiger charge is -2.66. The smallest absolute Gasteiger partial charge is 0.222 e. The van der Waals surface area contributed by atoms with Crippen LogP contribution in [0.25, 0.3) is 0 Å². The second kappa shape index (κ2) is 17.3. The number of unbranched alkanes of at least 4 members (excludes halogenated alkanes) is 1. The number of hydrogen-bond donors (Lipinski definition) is 1. The second-order valence-electron chi connectivity index (χ2n) is 14.2. The molecular weight excluding hydrogens is 652 g/mol. The summed E-state index contributed by atoms with van der Waals surface area (Å²) in [4.78, 5) is 12.6. The van der Waals surface area contributed by atoms with Crippen LogP contribution in [0, 0.1) is 18.8 Å². The number of fused-ring (bicyclic) bond motifs is 1. The molecule has 1 saturated carbocycles. The Morgan fingerprint density at radius 3 is 2.19 bits per heavy atom. The van der Waals surface area contributed by atoms with Crippen LogP contribution in [0.2, 0.25) is 0 Å². The van der Waals surface area contributed by atoms with Crippen molar-refractivity contribution in [3.8, 4) is 0 Å².